The van der Waals surface area contributed by atoms with Crippen molar-refractivity contribution in [3.8, 4) is 0 Å². The van der Waals surface area contributed by atoms with Crippen LogP contribution in [0.3, 0.4) is 0 Å². The fraction of sp³-hybridized carbons (Fsp3) is 0.909. The van der Waals surface area contributed by atoms with Gasteiger partial charge in [-0.15, -0.1) is 0 Å². The number of hydrogen-bond donors (Lipinski definition) is 2. The van der Waals surface area contributed by atoms with Gasteiger partial charge in [-0.05, 0) is 92.3 Å². The van der Waals surface area contributed by atoms with Gasteiger partial charge < -0.3 is 10.2 Å². The van der Waals surface area contributed by atoms with Crippen LogP contribution < -0.4 is 0 Å². The van der Waals surface area contributed by atoms with E-state index in [2.05, 4.69) is 26.8 Å². The second-order valence-corrected chi connectivity index (χ2v) is 10.1. The quantitative estimate of drug-likeness (QED) is 0.720. The average Bonchev–Trinajstić information content (AvgIpc) is 2.83. The van der Waals surface area contributed by atoms with Crippen LogP contribution in [-0.4, -0.2) is 22.4 Å². The first-order valence-corrected chi connectivity index (χ1v) is 10.4. The first kappa shape index (κ1) is 17.1. The molecule has 4 aliphatic carbocycles. The van der Waals surface area contributed by atoms with Crippen LogP contribution in [0, 0.1) is 34.5 Å². The molecule has 24 heavy (non-hydrogen) atoms. The molecular weight excluding hydrogens is 296 g/mol. The fourth-order valence-corrected chi connectivity index (χ4v) is 7.52. The van der Waals surface area contributed by atoms with E-state index in [1.807, 2.05) is 0 Å². The molecule has 3 fully saturated rings. The highest BCUT2D eigenvalue weighted by Gasteiger charge is 2.59. The standard InChI is InChI=1S/C22H36O2/c1-14(2)13-22-11-8-16(23)12-15(22)4-5-17-18-6-7-20(24)21(18,3)10-9-19(17)22/h4,14,16-20,23-24H,5-13H2,1-3H3/t16-,17?,18?,19?,20-,21-,22+/m0/s1. The number of aliphatic hydroxyl groups is 2. The normalized spacial score (nSPS) is 50.9. The molecule has 3 saturated carbocycles. The van der Waals surface area contributed by atoms with Crippen LogP contribution in [0.1, 0.15) is 78.6 Å². The summed E-state index contributed by atoms with van der Waals surface area (Å²) in [5.74, 6) is 2.97. The van der Waals surface area contributed by atoms with Crippen molar-refractivity contribution < 1.29 is 10.2 Å². The zero-order chi connectivity index (χ0) is 17.1. The second-order valence-electron chi connectivity index (χ2n) is 10.1. The number of aliphatic hydroxyl groups excluding tert-OH is 2. The molecule has 0 amide bonds. The summed E-state index contributed by atoms with van der Waals surface area (Å²) >= 11 is 0. The minimum Gasteiger partial charge on any atom is -0.393 e. The molecule has 0 aromatic carbocycles. The van der Waals surface area contributed by atoms with Crippen LogP contribution in [0.5, 0.6) is 0 Å². The maximum absolute atomic E-state index is 10.6. The van der Waals surface area contributed by atoms with E-state index in [-0.39, 0.29) is 17.6 Å². The van der Waals surface area contributed by atoms with Gasteiger partial charge in [0.1, 0.15) is 0 Å². The summed E-state index contributed by atoms with van der Waals surface area (Å²) in [6.07, 6.45) is 12.6. The third-order valence-corrected chi connectivity index (χ3v) is 8.52. The molecule has 2 nitrogen and oxygen atoms in total. The van der Waals surface area contributed by atoms with Crippen LogP contribution >= 0.6 is 0 Å². The summed E-state index contributed by atoms with van der Waals surface area (Å²) in [5, 5.41) is 20.8. The lowest BCUT2D eigenvalue weighted by Crippen LogP contribution is -2.52. The second kappa shape index (κ2) is 5.84. The van der Waals surface area contributed by atoms with E-state index < -0.39 is 0 Å². The summed E-state index contributed by atoms with van der Waals surface area (Å²) in [7, 11) is 0. The van der Waals surface area contributed by atoms with Gasteiger partial charge in [0.05, 0.1) is 12.2 Å². The molecule has 0 aliphatic heterocycles. The van der Waals surface area contributed by atoms with Gasteiger partial charge in [0.15, 0.2) is 0 Å². The first-order valence-electron chi connectivity index (χ1n) is 10.4. The number of allylic oxidation sites excluding steroid dienone is 1. The van der Waals surface area contributed by atoms with Crippen molar-refractivity contribution in [1.29, 1.82) is 0 Å². The molecule has 7 atom stereocenters. The lowest BCUT2D eigenvalue weighted by molar-refractivity contribution is -0.0808. The first-order chi connectivity index (χ1) is 11.4. The van der Waals surface area contributed by atoms with E-state index in [0.29, 0.717) is 17.3 Å². The third-order valence-electron chi connectivity index (χ3n) is 8.52. The molecule has 0 radical (unpaired) electrons. The Hall–Kier alpha value is -0.340. The van der Waals surface area contributed by atoms with Crippen LogP contribution in [-0.2, 0) is 0 Å². The Morgan fingerprint density at radius 3 is 2.62 bits per heavy atom. The number of rotatable bonds is 2. The molecule has 0 saturated heterocycles. The van der Waals surface area contributed by atoms with Crippen LogP contribution in [0.4, 0.5) is 0 Å². The van der Waals surface area contributed by atoms with Crippen molar-refractivity contribution in [1.82, 2.24) is 0 Å². The molecule has 4 rings (SSSR count). The summed E-state index contributed by atoms with van der Waals surface area (Å²) < 4.78 is 0. The van der Waals surface area contributed by atoms with Gasteiger partial charge in [-0.25, -0.2) is 0 Å². The molecule has 0 heterocycles. The fourth-order valence-electron chi connectivity index (χ4n) is 7.52. The van der Waals surface area contributed by atoms with Crippen LogP contribution in [0.2, 0.25) is 0 Å². The zero-order valence-electron chi connectivity index (χ0n) is 15.8. The van der Waals surface area contributed by atoms with Crippen LogP contribution in [0.25, 0.3) is 0 Å². The SMILES string of the molecule is CC(C)C[C@]12CC[C@H](O)CC1=CCC1C2CC[C@@]2(C)C1CC[C@@H]2O. The van der Waals surface area contributed by atoms with Gasteiger partial charge in [-0.1, -0.05) is 32.4 Å². The third kappa shape index (κ3) is 2.35. The predicted octanol–water partition coefficient (Wildman–Crippen LogP) is 4.70. The van der Waals surface area contributed by atoms with E-state index in [4.69, 9.17) is 0 Å². The smallest absolute Gasteiger partial charge is 0.0596 e. The van der Waals surface area contributed by atoms with Crippen molar-refractivity contribution in [2.75, 3.05) is 0 Å². The van der Waals surface area contributed by atoms with E-state index in [1.165, 1.54) is 38.5 Å². The molecule has 0 aromatic heterocycles. The molecule has 136 valence electrons. The van der Waals surface area contributed by atoms with E-state index in [9.17, 15) is 10.2 Å². The molecule has 2 N–H and O–H groups in total. The Kier molecular flexibility index (Phi) is 4.16. The summed E-state index contributed by atoms with van der Waals surface area (Å²) in [5.41, 5.74) is 2.11. The highest BCUT2D eigenvalue weighted by Crippen LogP contribution is 2.66. The topological polar surface area (TPSA) is 40.5 Å². The van der Waals surface area contributed by atoms with Crippen molar-refractivity contribution in [2.24, 2.45) is 34.5 Å². The monoisotopic (exact) mass is 332 g/mol. The van der Waals surface area contributed by atoms with Gasteiger partial charge in [0.2, 0.25) is 0 Å². The molecule has 3 unspecified atom stereocenters. The molecular formula is C22H36O2. The molecule has 4 aliphatic rings. The Labute approximate surface area is 147 Å². The summed E-state index contributed by atoms with van der Waals surface area (Å²) in [6, 6.07) is 0. The van der Waals surface area contributed by atoms with Gasteiger partial charge >= 0.3 is 0 Å². The largest absolute Gasteiger partial charge is 0.393 e. The Balaban J connectivity index is 1.71. The van der Waals surface area contributed by atoms with Gasteiger partial charge in [0, 0.05) is 0 Å². The minimum atomic E-state index is -0.116. The maximum Gasteiger partial charge on any atom is 0.0596 e. The van der Waals surface area contributed by atoms with Gasteiger partial charge in [-0.2, -0.15) is 0 Å². The van der Waals surface area contributed by atoms with Crippen molar-refractivity contribution in [3.05, 3.63) is 11.6 Å². The Morgan fingerprint density at radius 2 is 1.88 bits per heavy atom. The van der Waals surface area contributed by atoms with Crippen molar-refractivity contribution in [2.45, 2.75) is 90.8 Å². The molecule has 0 aromatic rings. The van der Waals surface area contributed by atoms with Gasteiger partial charge in [0.25, 0.3) is 0 Å². The lowest BCUT2D eigenvalue weighted by atomic mass is 9.46. The summed E-state index contributed by atoms with van der Waals surface area (Å²) in [4.78, 5) is 0. The average molecular weight is 333 g/mol. The van der Waals surface area contributed by atoms with Gasteiger partial charge in [-0.3, -0.25) is 0 Å². The zero-order valence-corrected chi connectivity index (χ0v) is 15.8. The van der Waals surface area contributed by atoms with E-state index in [0.717, 1.165) is 31.1 Å². The molecule has 0 bridgehead atoms. The summed E-state index contributed by atoms with van der Waals surface area (Å²) in [6.45, 7) is 7.10. The van der Waals surface area contributed by atoms with Crippen LogP contribution in [0.15, 0.2) is 11.6 Å². The number of fused-ring (bicyclic) bond motifs is 5. The molecule has 2 heteroatoms. The number of hydrogen-bond acceptors (Lipinski definition) is 2. The maximum atomic E-state index is 10.6. The Bertz CT molecular complexity index is 524. The highest BCUT2D eigenvalue weighted by molar-refractivity contribution is 5.26. The minimum absolute atomic E-state index is 0.0805. The highest BCUT2D eigenvalue weighted by atomic mass is 16.3. The Morgan fingerprint density at radius 1 is 1.08 bits per heavy atom. The van der Waals surface area contributed by atoms with Crippen molar-refractivity contribution >= 4 is 0 Å². The van der Waals surface area contributed by atoms with E-state index in [1.54, 1.807) is 5.57 Å². The van der Waals surface area contributed by atoms with E-state index >= 15 is 0 Å². The molecule has 0 spiro atoms. The predicted molar refractivity (Wildman–Crippen MR) is 97.5 cm³/mol. The lowest BCUT2D eigenvalue weighted by Gasteiger charge is -2.59. The van der Waals surface area contributed by atoms with Crippen molar-refractivity contribution in [3.63, 3.8) is 0 Å².